The highest BCUT2D eigenvalue weighted by molar-refractivity contribution is 6.23. The Morgan fingerprint density at radius 2 is 0.545 bits per heavy atom. The Balaban J connectivity index is 1.42. The lowest BCUT2D eigenvalue weighted by molar-refractivity contribution is 0.350. The minimum absolute atomic E-state index is 0.00443. The summed E-state index contributed by atoms with van der Waals surface area (Å²) in [4.78, 5) is 0. The van der Waals surface area contributed by atoms with Crippen LogP contribution in [0.25, 0.3) is 82.5 Å². The number of phenolic OH excluding ortho intramolecular Hbond substituents is 20. The van der Waals surface area contributed by atoms with Crippen LogP contribution in [0.2, 0.25) is 0 Å². The lowest BCUT2D eigenvalue weighted by atomic mass is 10.1. The smallest absolute Gasteiger partial charge is 0.206 e. The Hall–Kier alpha value is -10.1. The number of rotatable bonds is 3. The van der Waals surface area contributed by atoms with Gasteiger partial charge < -0.3 is 116 Å². The van der Waals surface area contributed by atoms with E-state index in [1.165, 1.54) is 47.9 Å². The standard InChI is InChI=1S/C43H29N3O20/c1-8-24(47)23(34(57)35(58)25(8)48)46-13-4-2-9(44-19-15(26(49)36(59)40(63)30(19)53)16-20(44)31(54)41(64)37(60)27(16)50)6-11(13)12-7-10(3-5-14(12)46)45-21-17(28(51)38(61)42(65)32(21)55)18-22(45)33(56)43(66)39(62)29(18)52/h2-7,47-66H,1H3. The van der Waals surface area contributed by atoms with Gasteiger partial charge in [-0.05, 0) is 43.3 Å². The van der Waals surface area contributed by atoms with Gasteiger partial charge >= 0.3 is 0 Å². The van der Waals surface area contributed by atoms with Crippen LogP contribution in [0.3, 0.4) is 0 Å². The summed E-state index contributed by atoms with van der Waals surface area (Å²) < 4.78 is 2.93. The Morgan fingerprint density at radius 1 is 0.273 bits per heavy atom. The van der Waals surface area contributed by atoms with E-state index in [1.54, 1.807) is 0 Å². The average molecular weight is 908 g/mol. The predicted molar refractivity (Wildman–Crippen MR) is 227 cm³/mol. The maximum absolute atomic E-state index is 11.4. The van der Waals surface area contributed by atoms with E-state index in [1.807, 2.05) is 0 Å². The van der Waals surface area contributed by atoms with Crippen molar-refractivity contribution in [1.82, 2.24) is 13.7 Å². The van der Waals surface area contributed by atoms with E-state index in [2.05, 4.69) is 0 Å². The predicted octanol–water partition coefficient (Wildman–Crippen LogP) is 5.40. The molecule has 10 aromatic rings. The zero-order valence-electron chi connectivity index (χ0n) is 32.8. The monoisotopic (exact) mass is 907 g/mol. The second kappa shape index (κ2) is 12.5. The molecule has 0 fully saturated rings. The summed E-state index contributed by atoms with van der Waals surface area (Å²) in [6.07, 6.45) is 0. The molecule has 0 atom stereocenters. The molecule has 0 radical (unpaired) electrons. The molecular weight excluding hydrogens is 878 g/mol. The molecule has 3 aromatic heterocycles. The molecular formula is C43H29N3O20. The van der Waals surface area contributed by atoms with Gasteiger partial charge in [-0.1, -0.05) is 0 Å². The lowest BCUT2D eigenvalue weighted by Gasteiger charge is -2.17. The molecule has 7 aromatic carbocycles. The molecule has 0 spiro atoms. The molecule has 0 aliphatic heterocycles. The number of aromatic hydroxyl groups is 20. The van der Waals surface area contributed by atoms with Crippen LogP contribution in [0.4, 0.5) is 0 Å². The van der Waals surface area contributed by atoms with Crippen molar-refractivity contribution in [3.63, 3.8) is 0 Å². The fraction of sp³-hybridized carbons (Fsp3) is 0.0233. The summed E-state index contributed by atoms with van der Waals surface area (Å²) in [5.74, 6) is -23.4. The van der Waals surface area contributed by atoms with Crippen molar-refractivity contribution in [3.05, 3.63) is 42.0 Å². The van der Waals surface area contributed by atoms with Crippen molar-refractivity contribution < 1.29 is 102 Å². The maximum Gasteiger partial charge on any atom is 0.206 e. The third-order valence-corrected chi connectivity index (χ3v) is 12.0. The minimum Gasteiger partial charge on any atom is -0.505 e. The van der Waals surface area contributed by atoms with Crippen LogP contribution in [-0.2, 0) is 0 Å². The largest absolute Gasteiger partial charge is 0.505 e. The SMILES string of the molecule is Cc1c(O)c(O)c(O)c(-n2c3ccc(-n4c5c(O)c(O)c(O)c(O)c5c5c(O)c(O)c(O)c(O)c54)cc3c3cc(-n4c5c(O)c(O)c(O)c(O)c5c5c(O)c(O)c(O)c(O)c54)ccc32)c1O. The number of nitrogens with zero attached hydrogens (tertiary/aromatic N) is 3. The molecule has 0 aliphatic rings. The molecule has 0 bridgehead atoms. The van der Waals surface area contributed by atoms with Gasteiger partial charge in [0.25, 0.3) is 0 Å². The Morgan fingerprint density at radius 3 is 0.848 bits per heavy atom. The topological polar surface area (TPSA) is 419 Å². The third kappa shape index (κ3) is 4.47. The molecule has 0 saturated carbocycles. The molecule has 20 N–H and O–H groups in total. The zero-order chi connectivity index (χ0) is 47.8. The normalized spacial score (nSPS) is 12.0. The summed E-state index contributed by atoms with van der Waals surface area (Å²) in [5, 5.41) is 216. The van der Waals surface area contributed by atoms with Crippen molar-refractivity contribution in [2.45, 2.75) is 6.92 Å². The molecule has 23 heteroatoms. The van der Waals surface area contributed by atoms with E-state index >= 15 is 0 Å². The van der Waals surface area contributed by atoms with Gasteiger partial charge in [-0.25, -0.2) is 0 Å². The second-order valence-corrected chi connectivity index (χ2v) is 15.2. The van der Waals surface area contributed by atoms with Crippen LogP contribution >= 0.6 is 0 Å². The zero-order valence-corrected chi connectivity index (χ0v) is 32.8. The fourth-order valence-electron chi connectivity index (χ4n) is 8.83. The third-order valence-electron chi connectivity index (χ3n) is 12.0. The van der Waals surface area contributed by atoms with Crippen molar-refractivity contribution in [1.29, 1.82) is 0 Å². The van der Waals surface area contributed by atoms with E-state index in [9.17, 15) is 102 Å². The fourth-order valence-corrected chi connectivity index (χ4v) is 8.83. The first-order chi connectivity index (χ1) is 31.1. The average Bonchev–Trinajstić information content (AvgIpc) is 3.96. The van der Waals surface area contributed by atoms with Gasteiger partial charge in [-0.3, -0.25) is 0 Å². The van der Waals surface area contributed by atoms with E-state index in [-0.39, 0.29) is 38.7 Å². The van der Waals surface area contributed by atoms with Crippen LogP contribution in [-0.4, -0.2) is 116 Å². The van der Waals surface area contributed by atoms with Crippen LogP contribution in [0, 0.1) is 6.92 Å². The van der Waals surface area contributed by atoms with Crippen LogP contribution in [0.5, 0.6) is 115 Å². The van der Waals surface area contributed by atoms with E-state index < -0.39 is 164 Å². The maximum atomic E-state index is 11.4. The molecule has 0 amide bonds. The first-order valence-electron chi connectivity index (χ1n) is 18.7. The minimum atomic E-state index is -1.29. The highest BCUT2D eigenvalue weighted by Crippen LogP contribution is 2.61. The molecule has 0 aliphatic carbocycles. The number of fused-ring (bicyclic) bond motifs is 9. The van der Waals surface area contributed by atoms with Crippen molar-refractivity contribution in [3.8, 4) is 132 Å². The lowest BCUT2D eigenvalue weighted by Crippen LogP contribution is -1.99. The van der Waals surface area contributed by atoms with E-state index in [4.69, 9.17) is 0 Å². The van der Waals surface area contributed by atoms with Crippen molar-refractivity contribution in [2.24, 2.45) is 0 Å². The molecule has 66 heavy (non-hydrogen) atoms. The molecule has 3 heterocycles. The first kappa shape index (κ1) is 40.0. The summed E-state index contributed by atoms with van der Waals surface area (Å²) in [6, 6.07) is 7.54. The molecule has 0 saturated heterocycles. The molecule has 0 unspecified atom stereocenters. The molecule has 10 rings (SSSR count). The van der Waals surface area contributed by atoms with Crippen LogP contribution in [0.1, 0.15) is 5.56 Å². The first-order valence-corrected chi connectivity index (χ1v) is 18.7. The number of benzene rings is 7. The highest BCUT2D eigenvalue weighted by atomic mass is 16.4. The number of hydrogen-bond acceptors (Lipinski definition) is 20. The van der Waals surface area contributed by atoms with Gasteiger partial charge in [-0.2, -0.15) is 0 Å². The molecule has 23 nitrogen and oxygen atoms in total. The van der Waals surface area contributed by atoms with Crippen LogP contribution in [0.15, 0.2) is 36.4 Å². The summed E-state index contributed by atoms with van der Waals surface area (Å²) in [7, 11) is 0. The molecule has 336 valence electrons. The van der Waals surface area contributed by atoms with Gasteiger partial charge in [-0.15, -0.1) is 0 Å². The van der Waals surface area contributed by atoms with Crippen molar-refractivity contribution >= 4 is 65.4 Å². The van der Waals surface area contributed by atoms with E-state index in [0.29, 0.717) is 0 Å². The summed E-state index contributed by atoms with van der Waals surface area (Å²) in [6.45, 7) is 1.20. The number of hydrogen-bond donors (Lipinski definition) is 20. The second-order valence-electron chi connectivity index (χ2n) is 15.2. The Kier molecular flexibility index (Phi) is 7.60. The Bertz CT molecular complexity index is 3550. The number of aromatic nitrogens is 3. The van der Waals surface area contributed by atoms with Gasteiger partial charge in [0.05, 0.1) is 32.6 Å². The Labute approximate surface area is 361 Å². The number of phenols is 20. The van der Waals surface area contributed by atoms with Gasteiger partial charge in [0.1, 0.15) is 33.5 Å². The van der Waals surface area contributed by atoms with Crippen LogP contribution < -0.4 is 0 Å². The quantitative estimate of drug-likeness (QED) is 0.0779. The van der Waals surface area contributed by atoms with Gasteiger partial charge in [0.15, 0.2) is 57.5 Å². The van der Waals surface area contributed by atoms with E-state index in [0.717, 1.165) is 9.13 Å². The highest BCUT2D eigenvalue weighted by Gasteiger charge is 2.35. The van der Waals surface area contributed by atoms with Gasteiger partial charge in [0.2, 0.25) is 51.7 Å². The summed E-state index contributed by atoms with van der Waals surface area (Å²) >= 11 is 0. The summed E-state index contributed by atoms with van der Waals surface area (Å²) in [5.41, 5.74) is -3.84. The van der Waals surface area contributed by atoms with Crippen molar-refractivity contribution in [2.75, 3.05) is 0 Å². The van der Waals surface area contributed by atoms with Gasteiger partial charge in [0, 0.05) is 27.7 Å².